The van der Waals surface area contributed by atoms with Crippen LogP contribution in [0.3, 0.4) is 0 Å². The number of hydrogen-bond donors (Lipinski definition) is 1. The van der Waals surface area contributed by atoms with Gasteiger partial charge in [-0.1, -0.05) is 11.8 Å². The Balaban J connectivity index is 2.01. The third-order valence-electron chi connectivity index (χ3n) is 2.89. The Bertz CT molecular complexity index is 768. The van der Waals surface area contributed by atoms with Gasteiger partial charge in [0.1, 0.15) is 6.07 Å². The fourth-order valence-corrected chi connectivity index (χ4v) is 2.04. The number of amidine groups is 1. The lowest BCUT2D eigenvalue weighted by Crippen LogP contribution is -2.13. The number of thioether (sulfide) groups is 1. The number of aliphatic imine (C=N–C) groups is 1. The number of hydrogen-bond acceptors (Lipinski definition) is 8. The van der Waals surface area contributed by atoms with Crippen LogP contribution in [-0.4, -0.2) is 37.0 Å². The molecule has 0 bridgehead atoms. The summed E-state index contributed by atoms with van der Waals surface area (Å²) in [5.41, 5.74) is 3.37. The van der Waals surface area contributed by atoms with Crippen LogP contribution in [0.15, 0.2) is 40.1 Å². The number of rotatable bonds is 5. The maximum Gasteiger partial charge on any atom is 0.350 e. The highest BCUT2D eigenvalue weighted by Gasteiger charge is 2.12. The maximum atomic E-state index is 11.5. The van der Waals surface area contributed by atoms with Gasteiger partial charge in [0.25, 0.3) is 0 Å². The van der Waals surface area contributed by atoms with E-state index >= 15 is 0 Å². The van der Waals surface area contributed by atoms with Crippen LogP contribution in [0.4, 0.5) is 0 Å². The Kier molecular flexibility index (Phi) is 6.86. The first kappa shape index (κ1) is 18.4. The van der Waals surface area contributed by atoms with Gasteiger partial charge in [-0.05, 0) is 36.9 Å². The third kappa shape index (κ3) is 5.26. The molecule has 25 heavy (non-hydrogen) atoms. The van der Waals surface area contributed by atoms with Crippen molar-refractivity contribution in [1.29, 1.82) is 5.26 Å². The molecule has 9 heteroatoms. The normalized spacial score (nSPS) is 13.6. The number of nitrogens with one attached hydrogen (secondary N) is 1. The zero-order chi connectivity index (χ0) is 18.1. The predicted molar refractivity (Wildman–Crippen MR) is 94.6 cm³/mol. The Morgan fingerprint density at radius 1 is 1.48 bits per heavy atom. The van der Waals surface area contributed by atoms with E-state index in [1.165, 1.54) is 11.8 Å². The van der Waals surface area contributed by atoms with E-state index in [2.05, 4.69) is 15.5 Å². The quantitative estimate of drug-likeness (QED) is 0.214. The average molecular weight is 360 g/mol. The van der Waals surface area contributed by atoms with E-state index in [1.54, 1.807) is 37.6 Å². The summed E-state index contributed by atoms with van der Waals surface area (Å²) in [4.78, 5) is 15.5. The lowest BCUT2D eigenvalue weighted by atomic mass is 10.2. The molecule has 0 aliphatic carbocycles. The molecule has 0 radical (unpaired) electrons. The number of carbonyl (C=O) groups is 1. The van der Waals surface area contributed by atoms with Gasteiger partial charge in [-0.15, -0.1) is 0 Å². The minimum absolute atomic E-state index is 0.185. The largest absolute Gasteiger partial charge is 0.462 e. The van der Waals surface area contributed by atoms with Crippen molar-refractivity contribution >= 4 is 29.1 Å². The fraction of sp³-hybridized carbons (Fsp3) is 0.250. The molecule has 1 N–H and O–H groups in total. The number of hydrazone groups is 1. The van der Waals surface area contributed by atoms with E-state index in [0.29, 0.717) is 16.7 Å². The zero-order valence-electron chi connectivity index (χ0n) is 13.7. The van der Waals surface area contributed by atoms with Gasteiger partial charge < -0.3 is 14.2 Å². The van der Waals surface area contributed by atoms with Crippen molar-refractivity contribution in [2.45, 2.75) is 6.92 Å². The van der Waals surface area contributed by atoms with Crippen LogP contribution in [0.1, 0.15) is 12.5 Å². The summed E-state index contributed by atoms with van der Waals surface area (Å²) in [7, 11) is 0. The summed E-state index contributed by atoms with van der Waals surface area (Å²) in [5.74, 6) is 0.654. The minimum Gasteiger partial charge on any atom is -0.462 e. The van der Waals surface area contributed by atoms with Gasteiger partial charge in [-0.3, -0.25) is 5.43 Å². The Morgan fingerprint density at radius 2 is 2.28 bits per heavy atom. The molecule has 8 nitrogen and oxygen atoms in total. The molecular weight excluding hydrogens is 344 g/mol. The standard InChI is InChI=1S/C16H16N4O4S/c1-3-22-15(21)12(7-17)9-18-16(25-2)20-19-8-11-4-5-13-14(6-11)24-10-23-13/h4-6,8-9H,3,10H2,1-2H3,(H,18,20)/b12-9+,19-8?. The third-order valence-corrected chi connectivity index (χ3v) is 3.47. The lowest BCUT2D eigenvalue weighted by molar-refractivity contribution is -0.138. The van der Waals surface area contributed by atoms with Crippen LogP contribution in [0, 0.1) is 11.3 Å². The summed E-state index contributed by atoms with van der Waals surface area (Å²) in [6.07, 6.45) is 4.52. The molecule has 0 fully saturated rings. The molecule has 0 spiro atoms. The molecule has 1 heterocycles. The Hall–Kier alpha value is -2.99. The number of nitrogens with zero attached hydrogens (tertiary/aromatic N) is 3. The first-order valence-corrected chi connectivity index (χ1v) is 8.48. The monoisotopic (exact) mass is 360 g/mol. The number of esters is 1. The van der Waals surface area contributed by atoms with Crippen molar-refractivity contribution < 1.29 is 19.0 Å². The van der Waals surface area contributed by atoms with Crippen molar-refractivity contribution in [2.75, 3.05) is 19.7 Å². The van der Waals surface area contributed by atoms with E-state index in [9.17, 15) is 4.79 Å². The van der Waals surface area contributed by atoms with E-state index in [1.807, 2.05) is 6.07 Å². The molecule has 0 aromatic heterocycles. The summed E-state index contributed by atoms with van der Waals surface area (Å²) >= 11 is 1.28. The van der Waals surface area contributed by atoms with Crippen LogP contribution < -0.4 is 14.9 Å². The zero-order valence-corrected chi connectivity index (χ0v) is 14.5. The summed E-state index contributed by atoms with van der Waals surface area (Å²) in [6.45, 7) is 2.07. The number of fused-ring (bicyclic) bond motifs is 1. The number of ether oxygens (including phenoxy) is 3. The van der Waals surface area contributed by atoms with Crippen molar-refractivity contribution in [3.8, 4) is 17.6 Å². The number of carbonyl (C=O) groups excluding carboxylic acids is 1. The molecule has 0 saturated heterocycles. The highest BCUT2D eigenvalue weighted by atomic mass is 32.2. The molecule has 0 unspecified atom stereocenters. The Morgan fingerprint density at radius 3 is 3.00 bits per heavy atom. The molecule has 130 valence electrons. The second-order valence-corrected chi connectivity index (χ2v) is 5.29. The van der Waals surface area contributed by atoms with Gasteiger partial charge in [-0.2, -0.15) is 10.4 Å². The van der Waals surface area contributed by atoms with Gasteiger partial charge >= 0.3 is 5.97 Å². The SMILES string of the molecule is CCOC(=O)/C(C#N)=C/N=C(NN=Cc1ccc2c(c1)OCO2)SC. The maximum absolute atomic E-state index is 11.5. The van der Waals surface area contributed by atoms with Crippen LogP contribution in [0.25, 0.3) is 0 Å². The summed E-state index contributed by atoms with van der Waals surface area (Å²) in [5, 5.41) is 13.4. The molecular formula is C16H16N4O4S. The van der Waals surface area contributed by atoms with Gasteiger partial charge in [0.15, 0.2) is 22.2 Å². The molecule has 0 saturated carbocycles. The topological polar surface area (TPSA) is 105 Å². The first-order valence-electron chi connectivity index (χ1n) is 7.25. The number of nitriles is 1. The van der Waals surface area contributed by atoms with Crippen LogP contribution in [0.2, 0.25) is 0 Å². The van der Waals surface area contributed by atoms with Crippen molar-refractivity contribution in [1.82, 2.24) is 5.43 Å². The van der Waals surface area contributed by atoms with E-state index in [4.69, 9.17) is 19.5 Å². The average Bonchev–Trinajstić information content (AvgIpc) is 3.08. The molecule has 0 atom stereocenters. The van der Waals surface area contributed by atoms with E-state index < -0.39 is 5.97 Å². The van der Waals surface area contributed by atoms with Gasteiger partial charge in [0.2, 0.25) is 6.79 Å². The smallest absolute Gasteiger partial charge is 0.350 e. The Labute approximate surface area is 149 Å². The molecule has 1 aliphatic rings. The second kappa shape index (κ2) is 9.34. The van der Waals surface area contributed by atoms with Crippen molar-refractivity contribution in [2.24, 2.45) is 10.1 Å². The molecule has 1 aromatic rings. The van der Waals surface area contributed by atoms with Gasteiger partial charge in [0, 0.05) is 0 Å². The summed E-state index contributed by atoms with van der Waals surface area (Å²) < 4.78 is 15.3. The minimum atomic E-state index is -0.710. The fourth-order valence-electron chi connectivity index (χ4n) is 1.74. The predicted octanol–water partition coefficient (Wildman–Crippen LogP) is 2.03. The molecule has 0 amide bonds. The van der Waals surface area contributed by atoms with E-state index in [0.717, 1.165) is 11.8 Å². The van der Waals surface area contributed by atoms with Gasteiger partial charge in [-0.25, -0.2) is 9.79 Å². The highest BCUT2D eigenvalue weighted by molar-refractivity contribution is 8.13. The highest BCUT2D eigenvalue weighted by Crippen LogP contribution is 2.31. The number of benzene rings is 1. The van der Waals surface area contributed by atoms with Crippen LogP contribution >= 0.6 is 11.8 Å². The van der Waals surface area contributed by atoms with Crippen LogP contribution in [-0.2, 0) is 9.53 Å². The lowest BCUT2D eigenvalue weighted by Gasteiger charge is -2.01. The first-order chi connectivity index (χ1) is 12.2. The second-order valence-electron chi connectivity index (χ2n) is 4.50. The van der Waals surface area contributed by atoms with Crippen molar-refractivity contribution in [3.63, 3.8) is 0 Å². The molecule has 2 rings (SSSR count). The van der Waals surface area contributed by atoms with Crippen LogP contribution in [0.5, 0.6) is 11.5 Å². The summed E-state index contributed by atoms with van der Waals surface area (Å²) in [6, 6.07) is 7.19. The molecule has 1 aromatic carbocycles. The van der Waals surface area contributed by atoms with Gasteiger partial charge in [0.05, 0.1) is 19.0 Å². The van der Waals surface area contributed by atoms with Crippen molar-refractivity contribution in [3.05, 3.63) is 35.5 Å². The van der Waals surface area contributed by atoms with E-state index in [-0.39, 0.29) is 19.0 Å². The molecule has 1 aliphatic heterocycles.